The maximum absolute atomic E-state index is 14.9. The molecule has 0 saturated carbocycles. The number of hydrogen-bond acceptors (Lipinski definition) is 19. The van der Waals surface area contributed by atoms with Crippen LogP contribution in [0.25, 0.3) is 21.8 Å². The monoisotopic (exact) mass is 1600 g/mol. The Labute approximate surface area is 651 Å². The number of likely N-dealkylation sites (tertiary alicyclic amines) is 4. The van der Waals surface area contributed by atoms with Crippen molar-refractivity contribution >= 4 is 116 Å². The number of guanidine groups is 1. The molecule has 7 heterocycles. The first-order valence-corrected chi connectivity index (χ1v) is 38.7. The van der Waals surface area contributed by atoms with Gasteiger partial charge in [-0.05, 0) is 119 Å². The van der Waals surface area contributed by atoms with E-state index in [0.717, 1.165) is 10.9 Å². The third kappa shape index (κ3) is 23.2. The molecule has 20 N–H and O–H groups in total. The van der Waals surface area contributed by atoms with Crippen molar-refractivity contribution < 1.29 is 95.9 Å². The van der Waals surface area contributed by atoms with E-state index < -0.39 is 174 Å². The molecule has 3 aromatic heterocycles. The van der Waals surface area contributed by atoms with Crippen LogP contribution >= 0.6 is 11.8 Å². The first kappa shape index (κ1) is 87.7. The summed E-state index contributed by atoms with van der Waals surface area (Å²) in [4.78, 5) is 203. The molecule has 113 heavy (non-hydrogen) atoms. The molecule has 0 spiro atoms. The molecule has 0 bridgehead atoms. The van der Waals surface area contributed by atoms with Crippen LogP contribution in [0.3, 0.4) is 0 Å². The van der Waals surface area contributed by atoms with Crippen LogP contribution in [-0.4, -0.2) is 279 Å². The van der Waals surface area contributed by atoms with Gasteiger partial charge in [0.2, 0.25) is 65.0 Å². The zero-order chi connectivity index (χ0) is 82.5. The standard InChI is InChI=1S/C71H99N19O15S.C2HF3O2/c1-38(2)58(65(99)84-51(67(101)90-28-13-22-56(90)70(104)105)31-41-34-78-46-17-8-6-15-44(41)46)86-63(97)54-20-10-25-87(54)68(102)52(36-91)85-60(94)49(30-40-33-77-45-16-7-5-14-43(40)45)82-59(93)47(23-29-106-4)80-62(96)53-19-11-26-88(53)69(103)55-21-12-27-89(55)66(100)48(18-9-24-76-71(73)74)81-61(95)50(32-42-35-75-37-79-42)83-64(98)57(72)39(3)92;3-2(4,5)1(6)7/h5-8,14-17,33-35,37-39,47-58,77-78,91-92H,9-13,18-32,36,72H2,1-4H3,(H,75,79)(H,80,96)(H,81,95)(H,82,93)(H,83,98)(H,84,99)(H,85,94)(H,86,97)(H,104,105)(H4,73,74,76);(H,6,7)/t39-,47+,48+,49+,50+,51+,52+,53+,54+,55+,56+,57+,58+;/m1./s1. The first-order chi connectivity index (χ1) is 53.7. The van der Waals surface area contributed by atoms with E-state index in [4.69, 9.17) is 27.1 Å². The van der Waals surface area contributed by atoms with Gasteiger partial charge < -0.3 is 109 Å². The molecular weight excluding hydrogens is 1500 g/mol. The van der Waals surface area contributed by atoms with Crippen molar-refractivity contribution in [3.63, 3.8) is 0 Å². The molecule has 0 aliphatic carbocycles. The van der Waals surface area contributed by atoms with E-state index in [-0.39, 0.29) is 103 Å². The van der Waals surface area contributed by atoms with Crippen LogP contribution in [-0.2, 0) is 81.6 Å². The van der Waals surface area contributed by atoms with Gasteiger partial charge in [-0.3, -0.25) is 57.7 Å². The zero-order valence-electron chi connectivity index (χ0n) is 62.9. The third-order valence-corrected chi connectivity index (χ3v) is 20.9. The molecule has 4 aliphatic heterocycles. The van der Waals surface area contributed by atoms with Gasteiger partial charge in [0.1, 0.15) is 72.5 Å². The Morgan fingerprint density at radius 2 is 1.04 bits per heavy atom. The van der Waals surface area contributed by atoms with Crippen molar-refractivity contribution in [3.05, 3.63) is 90.3 Å². The van der Waals surface area contributed by atoms with Crippen LogP contribution in [0.1, 0.15) is 108 Å². The number of para-hydroxylation sites is 2. The summed E-state index contributed by atoms with van der Waals surface area (Å²) in [6, 6.07) is -0.834. The minimum absolute atomic E-state index is 0.0118. The minimum Gasteiger partial charge on any atom is -0.480 e. The molecule has 13 atom stereocenters. The predicted octanol–water partition coefficient (Wildman–Crippen LogP) is -1.36. The molecule has 9 rings (SSSR count). The second kappa shape index (κ2) is 40.5. The second-order valence-electron chi connectivity index (χ2n) is 28.6. The molecule has 4 fully saturated rings. The maximum Gasteiger partial charge on any atom is 0.490 e. The highest BCUT2D eigenvalue weighted by Gasteiger charge is 2.47. The van der Waals surface area contributed by atoms with Gasteiger partial charge in [0, 0.05) is 98.1 Å². The summed E-state index contributed by atoms with van der Waals surface area (Å²) < 4.78 is 31.7. The molecule has 11 amide bonds. The number of aliphatic hydroxyl groups excluding tert-OH is 2. The lowest BCUT2D eigenvalue weighted by molar-refractivity contribution is -0.192. The number of carbonyl (C=O) groups is 13. The number of nitrogens with two attached hydrogens (primary N) is 3. The van der Waals surface area contributed by atoms with Crippen molar-refractivity contribution in [2.24, 2.45) is 28.1 Å². The average molecular weight is 1600 g/mol. The summed E-state index contributed by atoms with van der Waals surface area (Å²) in [6.45, 7) is 4.21. The normalized spacial score (nSPS) is 19.3. The maximum atomic E-state index is 14.9. The summed E-state index contributed by atoms with van der Waals surface area (Å²) in [7, 11) is 0. The number of rotatable bonds is 35. The number of nitrogens with one attached hydrogen (secondary N) is 10. The van der Waals surface area contributed by atoms with E-state index in [2.05, 4.69) is 62.1 Å². The van der Waals surface area contributed by atoms with Crippen molar-refractivity contribution in [2.45, 2.75) is 195 Å². The largest absolute Gasteiger partial charge is 0.490 e. The van der Waals surface area contributed by atoms with E-state index in [9.17, 15) is 86.0 Å². The lowest BCUT2D eigenvalue weighted by Gasteiger charge is -2.34. The first-order valence-electron chi connectivity index (χ1n) is 37.3. The van der Waals surface area contributed by atoms with Gasteiger partial charge in [0.05, 0.1) is 19.0 Å². The molecule has 2 aromatic carbocycles. The lowest BCUT2D eigenvalue weighted by atomic mass is 9.99. The number of benzene rings is 2. The van der Waals surface area contributed by atoms with Crippen molar-refractivity contribution in [3.8, 4) is 0 Å². The molecule has 616 valence electrons. The number of carboxylic acids is 2. The van der Waals surface area contributed by atoms with Crippen molar-refractivity contribution in [2.75, 3.05) is 51.3 Å². The molecular formula is C73H100F3N19O17S. The van der Waals surface area contributed by atoms with E-state index >= 15 is 0 Å². The fourth-order valence-corrected chi connectivity index (χ4v) is 14.8. The molecule has 4 saturated heterocycles. The van der Waals surface area contributed by atoms with E-state index in [1.807, 2.05) is 42.5 Å². The number of thioether (sulfide) groups is 1. The van der Waals surface area contributed by atoms with Crippen LogP contribution in [0.5, 0.6) is 0 Å². The Bertz CT molecular complexity index is 4230. The number of aliphatic carboxylic acids is 2. The summed E-state index contributed by atoms with van der Waals surface area (Å²) >= 11 is 1.38. The fraction of sp³-hybridized carbons (Fsp3) is 0.548. The Morgan fingerprint density at radius 3 is 1.58 bits per heavy atom. The lowest BCUT2D eigenvalue weighted by Crippen LogP contribution is -2.61. The van der Waals surface area contributed by atoms with Crippen LogP contribution in [0.15, 0.2) is 78.4 Å². The van der Waals surface area contributed by atoms with Gasteiger partial charge in [-0.1, -0.05) is 50.2 Å². The summed E-state index contributed by atoms with van der Waals surface area (Å²) in [5.74, 6) is -12.5. The number of carbonyl (C=O) groups excluding carboxylic acids is 11. The van der Waals surface area contributed by atoms with E-state index in [1.165, 1.54) is 50.8 Å². The van der Waals surface area contributed by atoms with Crippen LogP contribution < -0.4 is 54.4 Å². The average Bonchev–Trinajstić information content (AvgIpc) is 1.69. The Hall–Kier alpha value is -10.9. The minimum atomic E-state index is -5.08. The number of aliphatic hydroxyl groups is 2. The number of imidazole rings is 1. The van der Waals surface area contributed by atoms with Gasteiger partial charge in [0.25, 0.3) is 0 Å². The summed E-state index contributed by atoms with van der Waals surface area (Å²) in [5, 5.41) is 58.9. The van der Waals surface area contributed by atoms with E-state index in [1.54, 1.807) is 38.6 Å². The second-order valence-corrected chi connectivity index (χ2v) is 29.6. The summed E-state index contributed by atoms with van der Waals surface area (Å²) in [6.07, 6.45) is 3.86. The highest BCUT2D eigenvalue weighted by Crippen LogP contribution is 2.29. The van der Waals surface area contributed by atoms with Gasteiger partial charge >= 0.3 is 18.1 Å². The van der Waals surface area contributed by atoms with Gasteiger partial charge in [-0.25, -0.2) is 14.6 Å². The molecule has 0 unspecified atom stereocenters. The number of aromatic nitrogens is 4. The van der Waals surface area contributed by atoms with Gasteiger partial charge in [-0.2, -0.15) is 24.9 Å². The third-order valence-electron chi connectivity index (χ3n) is 20.3. The number of carboxylic acid groups (broad SMARTS) is 2. The van der Waals surface area contributed by atoms with Crippen molar-refractivity contribution in [1.29, 1.82) is 0 Å². The van der Waals surface area contributed by atoms with Crippen molar-refractivity contribution in [1.82, 2.24) is 76.8 Å². The van der Waals surface area contributed by atoms with E-state index in [0.29, 0.717) is 59.2 Å². The predicted molar refractivity (Wildman–Crippen MR) is 405 cm³/mol. The topological polar surface area (TPSA) is 551 Å². The smallest absolute Gasteiger partial charge is 0.480 e. The molecule has 36 nitrogen and oxygen atoms in total. The number of alkyl halides is 3. The Morgan fingerprint density at radius 1 is 0.584 bits per heavy atom. The number of aromatic amines is 3. The SMILES string of the molecule is CSCC[C@H](NC(=O)[C@@H]1CCCN1C(=O)[C@@H]1CCCN1C(=O)[C@H](CCCN=C(N)N)NC(=O)[C@H](Cc1cnc[nH]1)NC(=O)[C@@H](N)[C@@H](C)O)C(=O)N[C@@H](Cc1c[nH]c2ccccc12)C(=O)N[C@@H](CO)C(=O)N1CCC[C@H]1C(=O)N[C@H](C(=O)N[C@@H](Cc1c[nH]c2ccccc12)C(=O)N1CCC[C@H]1C(=O)O)C(C)C.O=C(O)C(F)(F)F. The summed E-state index contributed by atoms with van der Waals surface area (Å²) in [5.41, 5.74) is 20.3. The Balaban J connectivity index is 0.00000218. The quantitative estimate of drug-likeness (QED) is 0.0127. The van der Waals surface area contributed by atoms with Crippen LogP contribution in [0.2, 0.25) is 0 Å². The number of hydrogen-bond donors (Lipinski definition) is 17. The number of amides is 11. The van der Waals surface area contributed by atoms with Gasteiger partial charge in [0.15, 0.2) is 5.96 Å². The number of halogens is 3. The van der Waals surface area contributed by atoms with Crippen LogP contribution in [0.4, 0.5) is 13.2 Å². The highest BCUT2D eigenvalue weighted by atomic mass is 32.2. The highest BCUT2D eigenvalue weighted by molar-refractivity contribution is 7.98. The number of aliphatic imine (C=N–C) groups is 1. The number of nitrogens with zero attached hydrogens (tertiary/aromatic N) is 6. The molecule has 0 radical (unpaired) electrons. The van der Waals surface area contributed by atoms with Crippen LogP contribution in [0, 0.1) is 5.92 Å². The number of fused-ring (bicyclic) bond motifs is 2. The number of H-pyrrole nitrogens is 3. The molecule has 4 aliphatic rings. The fourth-order valence-electron chi connectivity index (χ4n) is 14.3. The molecule has 40 heteroatoms. The van der Waals surface area contributed by atoms with Gasteiger partial charge in [-0.15, -0.1) is 0 Å². The Kier molecular flexibility index (Phi) is 31.5. The zero-order valence-corrected chi connectivity index (χ0v) is 63.7. The molecule has 5 aromatic rings.